The third-order valence-corrected chi connectivity index (χ3v) is 3.03. The monoisotopic (exact) mass is 269 g/mol. The molecule has 102 valence electrons. The Bertz CT molecular complexity index is 704. The van der Waals surface area contributed by atoms with E-state index in [4.69, 9.17) is 14.9 Å². The molecule has 3 rings (SSSR count). The molecule has 0 spiro atoms. The van der Waals surface area contributed by atoms with E-state index in [0.717, 1.165) is 16.7 Å². The van der Waals surface area contributed by atoms with Gasteiger partial charge in [-0.25, -0.2) is 0 Å². The molecule has 20 heavy (non-hydrogen) atoms. The van der Waals surface area contributed by atoms with Crippen molar-refractivity contribution in [2.45, 2.75) is 6.54 Å². The lowest BCUT2D eigenvalue weighted by atomic mass is 10.2. The van der Waals surface area contributed by atoms with E-state index in [1.165, 1.54) is 0 Å². The van der Waals surface area contributed by atoms with E-state index >= 15 is 0 Å². The minimum absolute atomic E-state index is 0.501. The molecule has 2 aromatic carbocycles. The lowest BCUT2D eigenvalue weighted by Crippen LogP contribution is -2.01. The highest BCUT2D eigenvalue weighted by Crippen LogP contribution is 2.23. The molecule has 5 nitrogen and oxygen atoms in total. The van der Waals surface area contributed by atoms with Crippen LogP contribution in [0.5, 0.6) is 5.75 Å². The summed E-state index contributed by atoms with van der Waals surface area (Å²) in [6.45, 7) is 0.584. The Hall–Kier alpha value is -2.69. The van der Waals surface area contributed by atoms with Crippen LogP contribution in [0.15, 0.2) is 46.9 Å². The number of benzene rings is 2. The fourth-order valence-electron chi connectivity index (χ4n) is 2.02. The van der Waals surface area contributed by atoms with Crippen LogP contribution >= 0.6 is 0 Å². The Morgan fingerprint density at radius 2 is 2.10 bits per heavy atom. The van der Waals surface area contributed by atoms with Gasteiger partial charge in [-0.05, 0) is 29.8 Å². The maximum atomic E-state index is 5.87. The van der Waals surface area contributed by atoms with Gasteiger partial charge in [0.25, 0.3) is 6.01 Å². The van der Waals surface area contributed by atoms with E-state index in [1.807, 2.05) is 42.5 Å². The highest BCUT2D eigenvalue weighted by molar-refractivity contribution is 5.74. The summed E-state index contributed by atoms with van der Waals surface area (Å²) in [5.74, 6) is 0.676. The highest BCUT2D eigenvalue weighted by atomic mass is 16.5. The second kappa shape index (κ2) is 5.13. The number of aromatic nitrogens is 1. The number of nitrogens with zero attached hydrogens (tertiary/aromatic N) is 1. The van der Waals surface area contributed by atoms with Gasteiger partial charge in [0, 0.05) is 6.54 Å². The molecule has 1 heterocycles. The van der Waals surface area contributed by atoms with E-state index in [0.29, 0.717) is 24.0 Å². The first-order valence-electron chi connectivity index (χ1n) is 6.28. The van der Waals surface area contributed by atoms with Crippen molar-refractivity contribution in [3.05, 3.63) is 48.0 Å². The first-order valence-corrected chi connectivity index (χ1v) is 6.28. The lowest BCUT2D eigenvalue weighted by molar-refractivity contribution is 0.417. The van der Waals surface area contributed by atoms with Gasteiger partial charge in [0.05, 0.1) is 12.8 Å². The van der Waals surface area contributed by atoms with Crippen LogP contribution in [0.1, 0.15) is 5.56 Å². The average Bonchev–Trinajstić information content (AvgIpc) is 2.88. The fraction of sp³-hybridized carbons (Fsp3) is 0.133. The second-order valence-electron chi connectivity index (χ2n) is 4.42. The zero-order chi connectivity index (χ0) is 13.9. The number of hydrogen-bond acceptors (Lipinski definition) is 5. The summed E-state index contributed by atoms with van der Waals surface area (Å²) in [7, 11) is 1.60. The van der Waals surface area contributed by atoms with Gasteiger partial charge in [0.2, 0.25) is 0 Å². The first-order chi connectivity index (χ1) is 9.76. The largest absolute Gasteiger partial charge is 0.495 e. The highest BCUT2D eigenvalue weighted by Gasteiger charge is 2.05. The zero-order valence-electron chi connectivity index (χ0n) is 11.1. The molecular weight excluding hydrogens is 254 g/mol. The third kappa shape index (κ3) is 2.38. The van der Waals surface area contributed by atoms with Crippen LogP contribution in [0, 0.1) is 0 Å². The summed E-state index contributed by atoms with van der Waals surface area (Å²) in [5.41, 5.74) is 9.12. The van der Waals surface area contributed by atoms with E-state index in [1.54, 1.807) is 7.11 Å². The Morgan fingerprint density at radius 1 is 1.25 bits per heavy atom. The SMILES string of the molecule is COc1ccc(CNc2nc3ccccc3o2)cc1N. The number of nitrogens with one attached hydrogen (secondary N) is 1. The Morgan fingerprint density at radius 3 is 2.85 bits per heavy atom. The molecule has 3 aromatic rings. The van der Waals surface area contributed by atoms with Crippen molar-refractivity contribution in [3.63, 3.8) is 0 Å². The number of methoxy groups -OCH3 is 1. The molecule has 0 aliphatic rings. The van der Waals surface area contributed by atoms with Crippen LogP contribution in [0.2, 0.25) is 0 Å². The predicted octanol–water partition coefficient (Wildman–Crippen LogP) is 3.03. The van der Waals surface area contributed by atoms with E-state index in [2.05, 4.69) is 10.3 Å². The molecule has 0 saturated carbocycles. The van der Waals surface area contributed by atoms with E-state index < -0.39 is 0 Å². The fourth-order valence-corrected chi connectivity index (χ4v) is 2.02. The molecule has 0 aliphatic heterocycles. The molecule has 5 heteroatoms. The summed E-state index contributed by atoms with van der Waals surface area (Å²) in [5, 5.41) is 3.14. The summed E-state index contributed by atoms with van der Waals surface area (Å²) in [6, 6.07) is 13.8. The van der Waals surface area contributed by atoms with Crippen LogP contribution in [0.3, 0.4) is 0 Å². The van der Waals surface area contributed by atoms with Gasteiger partial charge in [-0.3, -0.25) is 0 Å². The van der Waals surface area contributed by atoms with Crippen molar-refractivity contribution >= 4 is 22.8 Å². The maximum Gasteiger partial charge on any atom is 0.295 e. The quantitative estimate of drug-likeness (QED) is 0.712. The topological polar surface area (TPSA) is 73.3 Å². The lowest BCUT2D eigenvalue weighted by Gasteiger charge is -2.07. The van der Waals surface area contributed by atoms with Crippen molar-refractivity contribution in [1.29, 1.82) is 0 Å². The summed E-state index contributed by atoms with van der Waals surface area (Å²) in [6.07, 6.45) is 0. The molecule has 3 N–H and O–H groups in total. The van der Waals surface area contributed by atoms with Crippen molar-refractivity contribution < 1.29 is 9.15 Å². The second-order valence-corrected chi connectivity index (χ2v) is 4.42. The molecule has 0 saturated heterocycles. The molecule has 0 atom stereocenters. The zero-order valence-corrected chi connectivity index (χ0v) is 11.1. The van der Waals surface area contributed by atoms with Gasteiger partial charge in [0.1, 0.15) is 11.3 Å². The van der Waals surface area contributed by atoms with Crippen LogP contribution in [-0.4, -0.2) is 12.1 Å². The van der Waals surface area contributed by atoms with Crippen LogP contribution < -0.4 is 15.8 Å². The Labute approximate surface area is 116 Å². The normalized spacial score (nSPS) is 10.7. The smallest absolute Gasteiger partial charge is 0.295 e. The van der Waals surface area contributed by atoms with Crippen LogP contribution in [0.25, 0.3) is 11.1 Å². The summed E-state index contributed by atoms with van der Waals surface area (Å²) in [4.78, 5) is 4.35. The number of anilines is 2. The number of rotatable bonds is 4. The standard InChI is InChI=1S/C15H15N3O2/c1-19-13-7-6-10(8-11(13)16)9-17-15-18-12-4-2-3-5-14(12)20-15/h2-8H,9,16H2,1H3,(H,17,18). The molecule has 0 unspecified atom stereocenters. The molecule has 0 fully saturated rings. The molecular formula is C15H15N3O2. The van der Waals surface area contributed by atoms with Crippen molar-refractivity contribution in [2.24, 2.45) is 0 Å². The van der Waals surface area contributed by atoms with Crippen LogP contribution in [-0.2, 0) is 6.54 Å². The molecule has 0 radical (unpaired) electrons. The van der Waals surface area contributed by atoms with Crippen LogP contribution in [0.4, 0.5) is 11.7 Å². The minimum atomic E-state index is 0.501. The number of para-hydroxylation sites is 2. The average molecular weight is 269 g/mol. The predicted molar refractivity (Wildman–Crippen MR) is 78.7 cm³/mol. The molecule has 0 bridgehead atoms. The molecule has 0 aliphatic carbocycles. The number of fused-ring (bicyclic) bond motifs is 1. The summed E-state index contributed by atoms with van der Waals surface area (Å²) >= 11 is 0. The van der Waals surface area contributed by atoms with Crippen molar-refractivity contribution in [3.8, 4) is 5.75 Å². The van der Waals surface area contributed by atoms with E-state index in [-0.39, 0.29) is 0 Å². The maximum absolute atomic E-state index is 5.87. The van der Waals surface area contributed by atoms with Gasteiger partial charge >= 0.3 is 0 Å². The van der Waals surface area contributed by atoms with Gasteiger partial charge in [-0.1, -0.05) is 18.2 Å². The number of nitrogens with two attached hydrogens (primary N) is 1. The number of oxazole rings is 1. The third-order valence-electron chi connectivity index (χ3n) is 3.03. The van der Waals surface area contributed by atoms with Crippen molar-refractivity contribution in [1.82, 2.24) is 4.98 Å². The Kier molecular flexibility index (Phi) is 3.16. The summed E-state index contributed by atoms with van der Waals surface area (Å²) < 4.78 is 10.7. The number of nitrogen functional groups attached to an aromatic ring is 1. The molecule has 0 amide bonds. The number of ether oxygens (including phenoxy) is 1. The number of hydrogen-bond donors (Lipinski definition) is 2. The van der Waals surface area contributed by atoms with Crippen molar-refractivity contribution in [2.75, 3.05) is 18.2 Å². The van der Waals surface area contributed by atoms with Gasteiger partial charge in [-0.2, -0.15) is 4.98 Å². The van der Waals surface area contributed by atoms with E-state index in [9.17, 15) is 0 Å². The van der Waals surface area contributed by atoms with Gasteiger partial charge in [0.15, 0.2) is 5.58 Å². The minimum Gasteiger partial charge on any atom is -0.495 e. The molecule has 1 aromatic heterocycles. The van der Waals surface area contributed by atoms with Gasteiger partial charge in [-0.15, -0.1) is 0 Å². The Balaban J connectivity index is 1.74. The first kappa shape index (κ1) is 12.3. The van der Waals surface area contributed by atoms with Gasteiger partial charge < -0.3 is 20.2 Å².